The second-order valence-electron chi connectivity index (χ2n) is 4.33. The summed E-state index contributed by atoms with van der Waals surface area (Å²) in [5, 5.41) is 0. The van der Waals surface area contributed by atoms with Crippen LogP contribution in [0.5, 0.6) is 0 Å². The average molecular weight is 277 g/mol. The predicted octanol–water partition coefficient (Wildman–Crippen LogP) is 2.99. The minimum absolute atomic E-state index is 0.297. The first kappa shape index (κ1) is 12.1. The number of anilines is 1. The molecular formula is C14H10ClFN2O. The lowest BCUT2D eigenvalue weighted by Gasteiger charge is -2.32. The Morgan fingerprint density at radius 2 is 2.21 bits per heavy atom. The van der Waals surface area contributed by atoms with Gasteiger partial charge in [-0.05, 0) is 29.8 Å². The van der Waals surface area contributed by atoms with Crippen molar-refractivity contribution in [2.24, 2.45) is 0 Å². The molecule has 3 nitrogen and oxygen atoms in total. The minimum atomic E-state index is -0.491. The first-order chi connectivity index (χ1) is 9.16. The van der Waals surface area contributed by atoms with Gasteiger partial charge in [0.15, 0.2) is 0 Å². The Kier molecular flexibility index (Phi) is 2.95. The summed E-state index contributed by atoms with van der Waals surface area (Å²) in [6, 6.07) is 7.69. The highest BCUT2D eigenvalue weighted by Crippen LogP contribution is 2.30. The van der Waals surface area contributed by atoms with Crippen LogP contribution >= 0.6 is 11.6 Å². The van der Waals surface area contributed by atoms with Gasteiger partial charge in [0.25, 0.3) is 5.91 Å². The number of benzene rings is 1. The van der Waals surface area contributed by atoms with Crippen molar-refractivity contribution in [2.75, 3.05) is 4.90 Å². The van der Waals surface area contributed by atoms with Gasteiger partial charge in [0.2, 0.25) is 0 Å². The van der Waals surface area contributed by atoms with Gasteiger partial charge in [-0.3, -0.25) is 14.7 Å². The van der Waals surface area contributed by atoms with Crippen LogP contribution in [0.2, 0.25) is 0 Å². The molecule has 1 atom stereocenters. The standard InChI is InChI=1S/C14H10ClFN2O/c15-13-6-9-3-4-10(16)7-12(9)14(19)18(13)11-2-1-5-17-8-11/h1-5,7-8,13H,6H2. The molecule has 0 fully saturated rings. The Bertz CT molecular complexity index is 633. The molecule has 1 aliphatic rings. The van der Waals surface area contributed by atoms with E-state index in [1.807, 2.05) is 0 Å². The number of hydrogen-bond acceptors (Lipinski definition) is 2. The number of rotatable bonds is 1. The lowest BCUT2D eigenvalue weighted by atomic mass is 9.98. The topological polar surface area (TPSA) is 33.2 Å². The summed E-state index contributed by atoms with van der Waals surface area (Å²) in [5.41, 5.74) is 1.25. The summed E-state index contributed by atoms with van der Waals surface area (Å²) >= 11 is 6.26. The molecule has 1 aromatic carbocycles. The Labute approximate surface area is 114 Å². The maximum atomic E-state index is 13.3. The van der Waals surface area contributed by atoms with Gasteiger partial charge in [-0.1, -0.05) is 17.7 Å². The number of carbonyl (C=O) groups excluding carboxylic acids is 1. The number of halogens is 2. The van der Waals surface area contributed by atoms with E-state index < -0.39 is 11.3 Å². The lowest BCUT2D eigenvalue weighted by molar-refractivity contribution is 0.0976. The van der Waals surface area contributed by atoms with Gasteiger partial charge >= 0.3 is 0 Å². The molecule has 3 rings (SSSR count). The lowest BCUT2D eigenvalue weighted by Crippen LogP contribution is -2.43. The van der Waals surface area contributed by atoms with Crippen molar-refractivity contribution in [1.82, 2.24) is 4.98 Å². The molecule has 2 heterocycles. The van der Waals surface area contributed by atoms with Crippen molar-refractivity contribution in [1.29, 1.82) is 0 Å². The molecule has 1 aliphatic heterocycles. The number of aromatic nitrogens is 1. The van der Waals surface area contributed by atoms with Crippen LogP contribution in [0.15, 0.2) is 42.7 Å². The quantitative estimate of drug-likeness (QED) is 0.593. The smallest absolute Gasteiger partial charge is 0.259 e. The highest BCUT2D eigenvalue weighted by molar-refractivity contribution is 6.27. The van der Waals surface area contributed by atoms with Gasteiger partial charge in [-0.25, -0.2) is 4.39 Å². The molecule has 0 bridgehead atoms. The van der Waals surface area contributed by atoms with E-state index in [1.54, 1.807) is 30.6 Å². The van der Waals surface area contributed by atoms with Gasteiger partial charge in [0.1, 0.15) is 11.3 Å². The van der Waals surface area contributed by atoms with Crippen molar-refractivity contribution in [3.8, 4) is 0 Å². The summed E-state index contributed by atoms with van der Waals surface area (Å²) < 4.78 is 13.3. The van der Waals surface area contributed by atoms with Crippen LogP contribution in [-0.2, 0) is 6.42 Å². The van der Waals surface area contributed by atoms with E-state index in [0.29, 0.717) is 17.7 Å². The van der Waals surface area contributed by atoms with Crippen LogP contribution in [0.4, 0.5) is 10.1 Å². The first-order valence-corrected chi connectivity index (χ1v) is 6.26. The van der Waals surface area contributed by atoms with Gasteiger partial charge < -0.3 is 0 Å². The zero-order chi connectivity index (χ0) is 13.4. The van der Waals surface area contributed by atoms with Crippen molar-refractivity contribution >= 4 is 23.2 Å². The number of pyridine rings is 1. The Morgan fingerprint density at radius 1 is 1.37 bits per heavy atom. The third-order valence-electron chi connectivity index (χ3n) is 3.11. The number of carbonyl (C=O) groups is 1. The third kappa shape index (κ3) is 2.08. The van der Waals surface area contributed by atoms with E-state index in [2.05, 4.69) is 4.98 Å². The number of hydrogen-bond donors (Lipinski definition) is 0. The van der Waals surface area contributed by atoms with Crippen LogP contribution in [-0.4, -0.2) is 16.4 Å². The fourth-order valence-electron chi connectivity index (χ4n) is 2.23. The molecule has 19 heavy (non-hydrogen) atoms. The van der Waals surface area contributed by atoms with Crippen molar-refractivity contribution in [3.05, 3.63) is 59.7 Å². The molecule has 96 valence electrons. The van der Waals surface area contributed by atoms with E-state index in [1.165, 1.54) is 17.0 Å². The molecule has 1 unspecified atom stereocenters. The van der Waals surface area contributed by atoms with Gasteiger partial charge in [0.05, 0.1) is 11.9 Å². The largest absolute Gasteiger partial charge is 0.290 e. The molecule has 2 aromatic rings. The summed E-state index contributed by atoms with van der Waals surface area (Å²) in [4.78, 5) is 17.8. The predicted molar refractivity (Wildman–Crippen MR) is 70.8 cm³/mol. The molecule has 1 aromatic heterocycles. The van der Waals surface area contributed by atoms with Gasteiger partial charge in [-0.15, -0.1) is 0 Å². The van der Waals surface area contributed by atoms with Crippen LogP contribution in [0.3, 0.4) is 0 Å². The molecule has 0 saturated heterocycles. The van der Waals surface area contributed by atoms with Crippen LogP contribution in [0.25, 0.3) is 0 Å². The highest BCUT2D eigenvalue weighted by Gasteiger charge is 2.32. The maximum absolute atomic E-state index is 13.3. The Hall–Kier alpha value is -1.94. The molecular weight excluding hydrogens is 267 g/mol. The molecule has 0 N–H and O–H groups in total. The Balaban J connectivity index is 2.07. The second kappa shape index (κ2) is 4.63. The highest BCUT2D eigenvalue weighted by atomic mass is 35.5. The monoisotopic (exact) mass is 276 g/mol. The van der Waals surface area contributed by atoms with Crippen molar-refractivity contribution in [2.45, 2.75) is 11.9 Å². The second-order valence-corrected chi connectivity index (χ2v) is 4.83. The van der Waals surface area contributed by atoms with Crippen molar-refractivity contribution in [3.63, 3.8) is 0 Å². The zero-order valence-corrected chi connectivity index (χ0v) is 10.6. The summed E-state index contributed by atoms with van der Waals surface area (Å²) in [6.07, 6.45) is 3.67. The zero-order valence-electron chi connectivity index (χ0n) is 9.88. The van der Waals surface area contributed by atoms with Crippen LogP contribution in [0.1, 0.15) is 15.9 Å². The van der Waals surface area contributed by atoms with Crippen LogP contribution in [0, 0.1) is 5.82 Å². The first-order valence-electron chi connectivity index (χ1n) is 5.83. The van der Waals surface area contributed by atoms with Gasteiger partial charge in [0, 0.05) is 18.2 Å². The van der Waals surface area contributed by atoms with E-state index in [-0.39, 0.29) is 5.91 Å². The third-order valence-corrected chi connectivity index (χ3v) is 3.46. The minimum Gasteiger partial charge on any atom is -0.290 e. The number of alkyl halides is 1. The van der Waals surface area contributed by atoms with E-state index in [9.17, 15) is 9.18 Å². The normalized spacial score (nSPS) is 18.3. The van der Waals surface area contributed by atoms with E-state index in [0.717, 1.165) is 5.56 Å². The fraction of sp³-hybridized carbons (Fsp3) is 0.143. The average Bonchev–Trinajstić information content (AvgIpc) is 2.41. The Morgan fingerprint density at radius 3 is 2.95 bits per heavy atom. The van der Waals surface area contributed by atoms with Crippen molar-refractivity contribution < 1.29 is 9.18 Å². The SMILES string of the molecule is O=C1c2cc(F)ccc2CC(Cl)N1c1cccnc1. The molecule has 0 spiro atoms. The summed E-state index contributed by atoms with van der Waals surface area (Å²) in [5.74, 6) is -0.722. The number of nitrogens with zero attached hydrogens (tertiary/aromatic N) is 2. The maximum Gasteiger partial charge on any atom is 0.259 e. The fourth-order valence-corrected chi connectivity index (χ4v) is 2.60. The number of fused-ring (bicyclic) bond motifs is 1. The molecule has 1 amide bonds. The summed E-state index contributed by atoms with van der Waals surface area (Å²) in [6.45, 7) is 0. The van der Waals surface area contributed by atoms with Crippen LogP contribution < -0.4 is 4.90 Å². The summed E-state index contributed by atoms with van der Waals surface area (Å²) in [7, 11) is 0. The molecule has 0 aliphatic carbocycles. The molecule has 0 saturated carbocycles. The molecule has 0 radical (unpaired) electrons. The van der Waals surface area contributed by atoms with E-state index in [4.69, 9.17) is 11.6 Å². The van der Waals surface area contributed by atoms with Gasteiger partial charge in [-0.2, -0.15) is 0 Å². The molecule has 5 heteroatoms. The number of amides is 1. The van der Waals surface area contributed by atoms with E-state index >= 15 is 0 Å².